The van der Waals surface area contributed by atoms with Crippen molar-refractivity contribution in [1.29, 1.82) is 10.5 Å². The number of carbonyl (C=O) groups excluding carboxylic acids is 2. The molecule has 0 heterocycles. The molecule has 0 radical (unpaired) electrons. The number of hydrogen-bond donors (Lipinski definition) is 1. The summed E-state index contributed by atoms with van der Waals surface area (Å²) >= 11 is 0. The van der Waals surface area contributed by atoms with E-state index in [1.807, 2.05) is 6.07 Å². The van der Waals surface area contributed by atoms with Crippen molar-refractivity contribution in [3.63, 3.8) is 0 Å². The Morgan fingerprint density at radius 3 is 2.33 bits per heavy atom. The van der Waals surface area contributed by atoms with Crippen LogP contribution in [0.1, 0.15) is 28.4 Å². The Bertz CT molecular complexity index is 1190. The van der Waals surface area contributed by atoms with Gasteiger partial charge in [0.05, 0.1) is 28.8 Å². The summed E-state index contributed by atoms with van der Waals surface area (Å²) in [6.07, 6.45) is -1.07. The van der Waals surface area contributed by atoms with Crippen LogP contribution >= 0.6 is 0 Å². The largest absolute Gasteiger partial charge is 0.449 e. The van der Waals surface area contributed by atoms with Crippen molar-refractivity contribution < 1.29 is 14.3 Å². The van der Waals surface area contributed by atoms with E-state index in [9.17, 15) is 14.9 Å². The van der Waals surface area contributed by atoms with Crippen LogP contribution in [-0.4, -0.2) is 18.0 Å². The maximum atomic E-state index is 12.8. The van der Waals surface area contributed by atoms with Crippen LogP contribution < -0.4 is 5.32 Å². The number of nitriles is 2. The first-order valence-corrected chi connectivity index (χ1v) is 9.14. The third-order valence-electron chi connectivity index (χ3n) is 4.40. The van der Waals surface area contributed by atoms with E-state index in [4.69, 9.17) is 10.00 Å². The molecule has 0 bridgehead atoms. The molecule has 0 spiro atoms. The Morgan fingerprint density at radius 1 is 0.900 bits per heavy atom. The zero-order chi connectivity index (χ0) is 21.5. The fraction of sp³-hybridized carbons (Fsp3) is 0.0833. The van der Waals surface area contributed by atoms with Crippen LogP contribution in [0.25, 0.3) is 11.1 Å². The molecule has 1 N–H and O–H groups in total. The fourth-order valence-electron chi connectivity index (χ4n) is 2.90. The van der Waals surface area contributed by atoms with Crippen LogP contribution in [0, 0.1) is 22.7 Å². The molecule has 1 amide bonds. The Hall–Kier alpha value is -4.42. The quantitative estimate of drug-likeness (QED) is 0.650. The molecule has 0 saturated heterocycles. The zero-order valence-corrected chi connectivity index (χ0v) is 16.1. The summed E-state index contributed by atoms with van der Waals surface area (Å²) in [6.45, 7) is 1.47. The number of nitrogens with one attached hydrogen (secondary N) is 1. The van der Waals surface area contributed by atoms with Gasteiger partial charge in [-0.25, -0.2) is 4.79 Å². The van der Waals surface area contributed by atoms with Gasteiger partial charge in [0.1, 0.15) is 0 Å². The van der Waals surface area contributed by atoms with Crippen LogP contribution in [0.2, 0.25) is 0 Å². The fourth-order valence-corrected chi connectivity index (χ4v) is 2.90. The lowest BCUT2D eigenvalue weighted by Gasteiger charge is -2.15. The van der Waals surface area contributed by atoms with E-state index in [1.165, 1.54) is 13.0 Å². The van der Waals surface area contributed by atoms with Gasteiger partial charge in [-0.15, -0.1) is 0 Å². The Labute approximate surface area is 174 Å². The van der Waals surface area contributed by atoms with Crippen LogP contribution in [0.15, 0.2) is 72.8 Å². The van der Waals surface area contributed by atoms with E-state index in [0.717, 1.165) is 0 Å². The van der Waals surface area contributed by atoms with E-state index in [-0.39, 0.29) is 5.56 Å². The molecule has 0 saturated carbocycles. The summed E-state index contributed by atoms with van der Waals surface area (Å²) in [6, 6.07) is 24.3. The highest BCUT2D eigenvalue weighted by molar-refractivity contribution is 6.01. The smallest absolute Gasteiger partial charge is 0.339 e. The van der Waals surface area contributed by atoms with Gasteiger partial charge in [0.25, 0.3) is 5.91 Å². The maximum absolute atomic E-state index is 12.8. The Kier molecular flexibility index (Phi) is 6.22. The minimum atomic E-state index is -1.07. The number of amides is 1. The van der Waals surface area contributed by atoms with Gasteiger partial charge in [-0.3, -0.25) is 4.79 Å². The summed E-state index contributed by atoms with van der Waals surface area (Å²) in [5.74, 6) is -1.19. The lowest BCUT2D eigenvalue weighted by Crippen LogP contribution is -2.30. The lowest BCUT2D eigenvalue weighted by molar-refractivity contribution is -0.123. The number of ether oxygens (including phenoxy) is 1. The molecule has 3 aromatic rings. The highest BCUT2D eigenvalue weighted by atomic mass is 16.5. The van der Waals surface area contributed by atoms with Crippen LogP contribution in [0.4, 0.5) is 5.69 Å². The molecule has 0 aromatic heterocycles. The number of nitrogens with zero attached hydrogens (tertiary/aromatic N) is 2. The summed E-state index contributed by atoms with van der Waals surface area (Å²) in [7, 11) is 0. The molecular weight excluding hydrogens is 378 g/mol. The first-order valence-electron chi connectivity index (χ1n) is 9.14. The van der Waals surface area contributed by atoms with E-state index in [0.29, 0.717) is 27.9 Å². The second-order valence-corrected chi connectivity index (χ2v) is 6.43. The number of hydrogen-bond acceptors (Lipinski definition) is 5. The van der Waals surface area contributed by atoms with E-state index >= 15 is 0 Å². The van der Waals surface area contributed by atoms with Gasteiger partial charge in [0.2, 0.25) is 0 Å². The molecule has 0 fully saturated rings. The highest BCUT2D eigenvalue weighted by Gasteiger charge is 2.22. The van der Waals surface area contributed by atoms with Gasteiger partial charge in [0, 0.05) is 11.3 Å². The number of rotatable bonds is 5. The highest BCUT2D eigenvalue weighted by Crippen LogP contribution is 2.27. The summed E-state index contributed by atoms with van der Waals surface area (Å²) in [5.41, 5.74) is 2.69. The molecule has 30 heavy (non-hydrogen) atoms. The molecule has 6 heteroatoms. The van der Waals surface area contributed by atoms with Gasteiger partial charge in [-0.1, -0.05) is 42.5 Å². The third-order valence-corrected chi connectivity index (χ3v) is 4.40. The Balaban J connectivity index is 1.79. The predicted octanol–water partition coefficient (Wildman–Crippen LogP) is 4.28. The average molecular weight is 395 g/mol. The van der Waals surface area contributed by atoms with Crippen LogP contribution in [0.5, 0.6) is 0 Å². The zero-order valence-electron chi connectivity index (χ0n) is 16.1. The number of esters is 1. The minimum absolute atomic E-state index is 0.256. The third kappa shape index (κ3) is 4.52. The number of anilines is 1. The molecule has 1 atom stereocenters. The second-order valence-electron chi connectivity index (χ2n) is 6.43. The topological polar surface area (TPSA) is 103 Å². The summed E-state index contributed by atoms with van der Waals surface area (Å²) in [4.78, 5) is 25.2. The van der Waals surface area contributed by atoms with Crippen molar-refractivity contribution in [3.8, 4) is 23.3 Å². The first-order chi connectivity index (χ1) is 14.5. The standard InChI is InChI=1S/C24H17N3O3/c1-16(23(28)27-19-9-6-7-17(13-19)14-25)30-24(29)22-12-5-4-11-21(22)20-10-3-2-8-18(20)15-26/h2-13,16H,1H3,(H,27,28)/t16-/m0/s1. The molecular formula is C24H17N3O3. The SMILES string of the molecule is C[C@H](OC(=O)c1ccccc1-c1ccccc1C#N)C(=O)Nc1cccc(C#N)c1. The van der Waals surface area contributed by atoms with Gasteiger partial charge in [-0.2, -0.15) is 10.5 Å². The molecule has 0 aliphatic rings. The molecule has 0 unspecified atom stereocenters. The monoisotopic (exact) mass is 395 g/mol. The number of carbonyl (C=O) groups is 2. The minimum Gasteiger partial charge on any atom is -0.449 e. The molecule has 0 aliphatic carbocycles. The van der Waals surface area contributed by atoms with Crippen molar-refractivity contribution in [2.24, 2.45) is 0 Å². The van der Waals surface area contributed by atoms with E-state index < -0.39 is 18.0 Å². The van der Waals surface area contributed by atoms with E-state index in [2.05, 4.69) is 11.4 Å². The molecule has 3 aromatic carbocycles. The summed E-state index contributed by atoms with van der Waals surface area (Å²) < 4.78 is 5.36. The molecule has 0 aliphatic heterocycles. The van der Waals surface area contributed by atoms with Crippen molar-refractivity contribution in [2.75, 3.05) is 5.32 Å². The van der Waals surface area contributed by atoms with Crippen LogP contribution in [0.3, 0.4) is 0 Å². The van der Waals surface area contributed by atoms with Gasteiger partial charge in [0.15, 0.2) is 6.10 Å². The maximum Gasteiger partial charge on any atom is 0.339 e. The van der Waals surface area contributed by atoms with Gasteiger partial charge < -0.3 is 10.1 Å². The van der Waals surface area contributed by atoms with Crippen molar-refractivity contribution in [2.45, 2.75) is 13.0 Å². The average Bonchev–Trinajstić information content (AvgIpc) is 2.79. The van der Waals surface area contributed by atoms with Crippen molar-refractivity contribution in [1.82, 2.24) is 0 Å². The number of benzene rings is 3. The Morgan fingerprint density at radius 2 is 1.60 bits per heavy atom. The summed E-state index contributed by atoms with van der Waals surface area (Å²) in [5, 5.41) is 20.9. The van der Waals surface area contributed by atoms with Gasteiger partial charge >= 0.3 is 5.97 Å². The second kappa shape index (κ2) is 9.18. The van der Waals surface area contributed by atoms with E-state index in [1.54, 1.807) is 66.7 Å². The normalized spacial score (nSPS) is 10.9. The van der Waals surface area contributed by atoms with Crippen molar-refractivity contribution in [3.05, 3.63) is 89.5 Å². The molecule has 146 valence electrons. The lowest BCUT2D eigenvalue weighted by atomic mass is 9.96. The van der Waals surface area contributed by atoms with Crippen LogP contribution in [-0.2, 0) is 9.53 Å². The molecule has 6 nitrogen and oxygen atoms in total. The van der Waals surface area contributed by atoms with Gasteiger partial charge in [-0.05, 0) is 42.8 Å². The molecule has 3 rings (SSSR count). The van der Waals surface area contributed by atoms with Crippen molar-refractivity contribution >= 4 is 17.6 Å². The predicted molar refractivity (Wildman–Crippen MR) is 111 cm³/mol. The first kappa shape index (κ1) is 20.3.